The lowest BCUT2D eigenvalue weighted by Crippen LogP contribution is -2.68. The van der Waals surface area contributed by atoms with E-state index in [0.29, 0.717) is 6.42 Å². The molecule has 5 aromatic rings. The zero-order chi connectivity index (χ0) is 30.2. The Morgan fingerprint density at radius 2 is 1.42 bits per heavy atom. The second-order valence-corrected chi connectivity index (χ2v) is 17.7. The van der Waals surface area contributed by atoms with Gasteiger partial charge >= 0.3 is 5.97 Å². The summed E-state index contributed by atoms with van der Waals surface area (Å²) in [6, 6.07) is 36.6. The van der Waals surface area contributed by atoms with E-state index < -0.39 is 8.07 Å². The minimum atomic E-state index is -2.52. The third-order valence-corrected chi connectivity index (χ3v) is 15.7. The van der Waals surface area contributed by atoms with E-state index >= 15 is 0 Å². The van der Waals surface area contributed by atoms with Crippen molar-refractivity contribution in [1.29, 1.82) is 0 Å². The van der Waals surface area contributed by atoms with E-state index in [1.807, 2.05) is 31.3 Å². The van der Waals surface area contributed by atoms with Crippen molar-refractivity contribution in [3.63, 3.8) is 0 Å². The van der Waals surface area contributed by atoms with E-state index in [4.69, 9.17) is 4.74 Å². The number of aryl methyl sites for hydroxylation is 1. The second-order valence-electron chi connectivity index (χ2n) is 12.7. The number of nitrogens with zero attached hydrogens (tertiary/aromatic N) is 1. The second kappa shape index (κ2) is 11.5. The molecule has 1 saturated heterocycles. The average molecular weight is 588 g/mol. The van der Waals surface area contributed by atoms with E-state index in [-0.39, 0.29) is 28.5 Å². The summed E-state index contributed by atoms with van der Waals surface area (Å²) in [5, 5.41) is 3.74. The van der Waals surface area contributed by atoms with Crippen LogP contribution in [0.2, 0.25) is 10.6 Å². The molecular weight excluding hydrogens is 550 g/mol. The molecule has 0 N–H and O–H groups in total. The van der Waals surface area contributed by atoms with Gasteiger partial charge in [0, 0.05) is 35.6 Å². The van der Waals surface area contributed by atoms with Gasteiger partial charge in [-0.25, -0.2) is 4.39 Å². The smallest absolute Gasteiger partial charge is 0.306 e. The molecule has 43 heavy (non-hydrogen) atoms. The maximum absolute atomic E-state index is 13.8. The number of carbonyl (C=O) groups excluding carboxylic acids is 1. The standard InChI is InChI=1S/C38H38FNO2Si/c1-38(2,3)43(30-13-7-5-8-14-30,31-15-9-6-10-16-31)32-25-29(42-36(41)26-32)23-24-35-37(27-19-21-28(39)22-20-27)33-17-11-12-18-34(33)40(35)4/h5-24,29,32H,25-26H2,1-4H3/b24-23+/t29-,32-/m1/s1. The van der Waals surface area contributed by atoms with Gasteiger partial charge in [-0.3, -0.25) is 4.79 Å². The summed E-state index contributed by atoms with van der Waals surface area (Å²) in [6.07, 6.45) is 4.96. The number of ether oxygens (including phenoxy) is 1. The molecule has 2 atom stereocenters. The van der Waals surface area contributed by atoms with Gasteiger partial charge in [-0.1, -0.05) is 122 Å². The van der Waals surface area contributed by atoms with Crippen LogP contribution < -0.4 is 10.4 Å². The largest absolute Gasteiger partial charge is 0.458 e. The Labute approximate surface area is 254 Å². The average Bonchev–Trinajstić information content (AvgIpc) is 3.28. The minimum absolute atomic E-state index is 0.0577. The Balaban J connectivity index is 1.44. The summed E-state index contributed by atoms with van der Waals surface area (Å²) < 4.78 is 22.0. The number of fused-ring (bicyclic) bond motifs is 1. The molecule has 218 valence electrons. The van der Waals surface area contributed by atoms with Gasteiger partial charge in [0.2, 0.25) is 0 Å². The highest BCUT2D eigenvalue weighted by molar-refractivity contribution is 7.05. The van der Waals surface area contributed by atoms with E-state index in [9.17, 15) is 9.18 Å². The van der Waals surface area contributed by atoms with Crippen LogP contribution in [0.25, 0.3) is 28.1 Å². The Bertz CT molecular complexity index is 1730. The van der Waals surface area contributed by atoms with E-state index in [2.05, 4.69) is 110 Å². The molecule has 1 aliphatic rings. The maximum atomic E-state index is 13.8. The number of aromatic nitrogens is 1. The summed E-state index contributed by atoms with van der Waals surface area (Å²) in [5.74, 6) is -0.403. The number of halogens is 1. The van der Waals surface area contributed by atoms with Gasteiger partial charge in [-0.2, -0.15) is 0 Å². The molecule has 1 aliphatic heterocycles. The number of benzene rings is 4. The normalized spacial score (nSPS) is 17.8. The fourth-order valence-electron chi connectivity index (χ4n) is 7.52. The molecule has 0 unspecified atom stereocenters. The quantitative estimate of drug-likeness (QED) is 0.148. The Morgan fingerprint density at radius 3 is 2.02 bits per heavy atom. The summed E-state index contributed by atoms with van der Waals surface area (Å²) in [7, 11) is -0.473. The zero-order valence-electron chi connectivity index (χ0n) is 25.3. The molecule has 4 aromatic carbocycles. The topological polar surface area (TPSA) is 31.2 Å². The molecular formula is C38H38FNO2Si. The van der Waals surface area contributed by atoms with Crippen molar-refractivity contribution in [3.8, 4) is 11.1 Å². The van der Waals surface area contributed by atoms with E-state index in [0.717, 1.165) is 34.1 Å². The van der Waals surface area contributed by atoms with Crippen LogP contribution in [0.4, 0.5) is 4.39 Å². The first-order valence-corrected chi connectivity index (χ1v) is 17.1. The number of cyclic esters (lactones) is 1. The third kappa shape index (κ3) is 5.16. The minimum Gasteiger partial charge on any atom is -0.458 e. The fraction of sp³-hybridized carbons (Fsp3) is 0.237. The zero-order valence-corrected chi connectivity index (χ0v) is 26.3. The highest BCUT2D eigenvalue weighted by atomic mass is 28.3. The van der Waals surface area contributed by atoms with Gasteiger partial charge in [-0.15, -0.1) is 0 Å². The highest BCUT2D eigenvalue weighted by Crippen LogP contribution is 2.48. The molecule has 6 rings (SSSR count). The van der Waals surface area contributed by atoms with Gasteiger partial charge in [0.25, 0.3) is 0 Å². The lowest BCUT2D eigenvalue weighted by atomic mass is 10.0. The molecule has 0 spiro atoms. The molecule has 5 heteroatoms. The molecule has 1 aromatic heterocycles. The number of carbonyl (C=O) groups is 1. The Morgan fingerprint density at radius 1 is 0.837 bits per heavy atom. The van der Waals surface area contributed by atoms with Crippen LogP contribution in [0.5, 0.6) is 0 Å². The lowest BCUT2D eigenvalue weighted by molar-refractivity contribution is -0.150. The Kier molecular flexibility index (Phi) is 7.69. The first kappa shape index (κ1) is 28.9. The molecule has 0 radical (unpaired) electrons. The van der Waals surface area contributed by atoms with Gasteiger partial charge in [-0.05, 0) is 52.9 Å². The van der Waals surface area contributed by atoms with Gasteiger partial charge in [0.05, 0.1) is 0 Å². The SMILES string of the molecule is Cn1c(/C=C/[C@@H]2C[C@@H]([Si](c3ccccc3)(c3ccccc3)C(C)(C)C)CC(=O)O2)c(-c2ccc(F)cc2)c2ccccc21. The summed E-state index contributed by atoms with van der Waals surface area (Å²) in [6.45, 7) is 7.03. The molecule has 2 heterocycles. The molecule has 0 saturated carbocycles. The van der Waals surface area contributed by atoms with E-state index in [1.54, 1.807) is 0 Å². The fourth-order valence-corrected chi connectivity index (χ4v) is 14.3. The van der Waals surface area contributed by atoms with Crippen LogP contribution in [0.1, 0.15) is 39.3 Å². The van der Waals surface area contributed by atoms with Crippen LogP contribution in [0.3, 0.4) is 0 Å². The van der Waals surface area contributed by atoms with Crippen molar-refractivity contribution in [3.05, 3.63) is 127 Å². The number of hydrogen-bond acceptors (Lipinski definition) is 2. The predicted molar refractivity (Wildman–Crippen MR) is 178 cm³/mol. The number of hydrogen-bond donors (Lipinski definition) is 0. The van der Waals surface area contributed by atoms with Crippen molar-refractivity contribution < 1.29 is 13.9 Å². The molecule has 0 aliphatic carbocycles. The Hall–Kier alpha value is -4.22. The maximum Gasteiger partial charge on any atom is 0.306 e. The van der Waals surface area contributed by atoms with Crippen LogP contribution in [0.15, 0.2) is 115 Å². The highest BCUT2D eigenvalue weighted by Gasteiger charge is 2.55. The van der Waals surface area contributed by atoms with E-state index in [1.165, 1.54) is 22.5 Å². The van der Waals surface area contributed by atoms with Crippen LogP contribution in [-0.2, 0) is 16.6 Å². The predicted octanol–water partition coefficient (Wildman–Crippen LogP) is 8.14. The van der Waals surface area contributed by atoms with Crippen molar-refractivity contribution in [2.75, 3.05) is 0 Å². The first-order valence-electron chi connectivity index (χ1n) is 15.0. The lowest BCUT2D eigenvalue weighted by Gasteiger charge is -2.50. The van der Waals surface area contributed by atoms with Crippen LogP contribution >= 0.6 is 0 Å². The molecule has 1 fully saturated rings. The van der Waals surface area contributed by atoms with Crippen LogP contribution in [-0.4, -0.2) is 24.7 Å². The summed E-state index contributed by atoms with van der Waals surface area (Å²) in [5.41, 5.74) is 4.23. The van der Waals surface area contributed by atoms with Crippen molar-refractivity contribution in [2.24, 2.45) is 7.05 Å². The van der Waals surface area contributed by atoms with Crippen molar-refractivity contribution in [2.45, 2.75) is 50.3 Å². The summed E-state index contributed by atoms with van der Waals surface area (Å²) in [4.78, 5) is 13.4. The number of para-hydroxylation sites is 1. The van der Waals surface area contributed by atoms with Crippen molar-refractivity contribution in [1.82, 2.24) is 4.57 Å². The van der Waals surface area contributed by atoms with Crippen molar-refractivity contribution >= 4 is 41.4 Å². The first-order chi connectivity index (χ1) is 20.7. The molecule has 0 bridgehead atoms. The number of rotatable bonds is 6. The summed E-state index contributed by atoms with van der Waals surface area (Å²) >= 11 is 0. The van der Waals surface area contributed by atoms with Crippen LogP contribution in [0, 0.1) is 5.82 Å². The number of esters is 1. The molecule has 0 amide bonds. The van der Waals surface area contributed by atoms with Gasteiger partial charge < -0.3 is 9.30 Å². The monoisotopic (exact) mass is 587 g/mol. The third-order valence-electron chi connectivity index (χ3n) is 9.22. The molecule has 3 nitrogen and oxygen atoms in total. The van der Waals surface area contributed by atoms with Gasteiger partial charge in [0.1, 0.15) is 20.0 Å². The van der Waals surface area contributed by atoms with Gasteiger partial charge in [0.15, 0.2) is 0 Å².